The Morgan fingerprint density at radius 1 is 0.178 bits per heavy atom. The molecular weight excluding hydrogens is 1080 g/mol. The number of hydrogen-bond acceptors (Lipinski definition) is 0. The van der Waals surface area contributed by atoms with Gasteiger partial charge in [0.15, 0.2) is 0 Å². The van der Waals surface area contributed by atoms with E-state index in [9.17, 15) is 13.7 Å². The molecule has 416 valence electrons. The lowest BCUT2D eigenvalue weighted by Crippen LogP contribution is -1.92. The average Bonchev–Trinajstić information content (AvgIpc) is 0.679. The zero-order valence-corrected chi connectivity index (χ0v) is 46.6. The lowest BCUT2D eigenvalue weighted by atomic mass is 9.83. The van der Waals surface area contributed by atoms with Crippen LogP contribution in [0.2, 0.25) is 0 Å². The van der Waals surface area contributed by atoms with Gasteiger partial charge in [0, 0.05) is 0 Å². The minimum atomic E-state index is -1.17. The van der Waals surface area contributed by atoms with Crippen molar-refractivity contribution in [1.82, 2.24) is 0 Å². The highest BCUT2D eigenvalue weighted by Gasteiger charge is 2.21. The molecular formula is C90H56. The van der Waals surface area contributed by atoms with Crippen molar-refractivity contribution in [3.8, 4) is 77.9 Å². The maximum absolute atomic E-state index is 10.0. The summed E-state index contributed by atoms with van der Waals surface area (Å²) in [5.74, 6) is 0. The van der Waals surface area contributed by atoms with Crippen LogP contribution >= 0.6 is 0 Å². The molecule has 0 saturated carbocycles. The van der Waals surface area contributed by atoms with Crippen LogP contribution in [0.5, 0.6) is 0 Å². The van der Waals surface area contributed by atoms with E-state index in [1.54, 1.807) is 0 Å². The molecule has 19 aromatic rings. The minimum absolute atomic E-state index is 0.199. The number of rotatable bonds is 7. The van der Waals surface area contributed by atoms with Crippen LogP contribution in [0.1, 0.15) is 48.0 Å². The summed E-state index contributed by atoms with van der Waals surface area (Å²) >= 11 is 0. The van der Waals surface area contributed by atoms with Crippen LogP contribution < -0.4 is 0 Å². The maximum Gasteiger partial charge on any atom is 0.0636 e. The van der Waals surface area contributed by atoms with E-state index in [0.29, 0.717) is 5.56 Å². The molecule has 0 radical (unpaired) electrons. The zero-order chi connectivity index (χ0) is 89.7. The topological polar surface area (TPSA) is 0 Å². The van der Waals surface area contributed by atoms with Gasteiger partial charge >= 0.3 is 0 Å². The standard InChI is InChI=1S/C46H30.C44H26/c1-2-11-31(12-3-1)38-27-28-43-44(30-38)46(40-20-10-16-34-14-6-7-17-39(34)40)42-19-9-8-18-41(42)45(43)35-24-21-33(22-25-35)37-26-23-32-13-4-5-15-36(32)29-37;1-2-6-27(7-3-1)34-24-35(37-20-16-32-14-12-28-8-4-10-30-18-22-39(37)43(32)41(28)30)26-36(25-34)38-21-17-33-15-13-29-9-5-11-31-19-23-40(38)44(33)42(29)31/h1-30H;1-26H/i1D,2D,3D,4D,5D,6D,7D,8D,9D,10D,11D,12D,13D,14D,15D,16D,17D,18D,19D,20D,21D,22D,23D,24D,25D,26D,27D,28D,29D,30D;1D,2D,3D,6D,7D. The van der Waals surface area contributed by atoms with Crippen molar-refractivity contribution in [1.29, 1.82) is 0 Å². The van der Waals surface area contributed by atoms with Gasteiger partial charge < -0.3 is 0 Å². The van der Waals surface area contributed by atoms with E-state index in [1.807, 2.05) is 12.1 Å². The molecule has 0 unspecified atom stereocenters. The third-order valence-electron chi connectivity index (χ3n) is 16.6. The molecule has 0 aliphatic carbocycles. The van der Waals surface area contributed by atoms with Crippen molar-refractivity contribution in [2.45, 2.75) is 0 Å². The van der Waals surface area contributed by atoms with Crippen LogP contribution in [0.4, 0.5) is 0 Å². The van der Waals surface area contributed by atoms with Gasteiger partial charge in [0.1, 0.15) is 0 Å². The molecule has 0 saturated heterocycles. The Balaban J connectivity index is 0.000000185. The van der Waals surface area contributed by atoms with E-state index in [-0.39, 0.29) is 29.7 Å². The molecule has 19 aromatic carbocycles. The van der Waals surface area contributed by atoms with Gasteiger partial charge in [-0.3, -0.25) is 0 Å². The van der Waals surface area contributed by atoms with E-state index in [4.69, 9.17) is 34.3 Å². The zero-order valence-electron chi connectivity index (χ0n) is 81.6. The minimum Gasteiger partial charge on any atom is -0.0622 e. The Bertz CT molecular complexity index is 7930. The molecule has 0 amide bonds. The summed E-state index contributed by atoms with van der Waals surface area (Å²) in [6.07, 6.45) is 0. The molecule has 0 spiro atoms. The van der Waals surface area contributed by atoms with Crippen molar-refractivity contribution >= 4 is 108 Å². The second-order valence-electron chi connectivity index (χ2n) is 21.5. The van der Waals surface area contributed by atoms with Crippen LogP contribution in [-0.2, 0) is 0 Å². The molecule has 19 rings (SSSR count). The first-order chi connectivity index (χ1) is 59.2. The number of benzene rings is 19. The smallest absolute Gasteiger partial charge is 0.0622 e. The summed E-state index contributed by atoms with van der Waals surface area (Å²) in [7, 11) is 0. The molecule has 0 bridgehead atoms. The quantitative estimate of drug-likeness (QED) is 0.110. The van der Waals surface area contributed by atoms with Crippen LogP contribution in [-0.4, -0.2) is 0 Å². The molecule has 0 nitrogen and oxygen atoms in total. The van der Waals surface area contributed by atoms with Crippen molar-refractivity contribution < 1.29 is 48.0 Å². The van der Waals surface area contributed by atoms with E-state index in [0.717, 1.165) is 43.8 Å². The largest absolute Gasteiger partial charge is 0.0636 e. The Morgan fingerprint density at radius 2 is 0.589 bits per heavy atom. The van der Waals surface area contributed by atoms with Crippen molar-refractivity contribution in [3.05, 3.63) is 339 Å². The fourth-order valence-corrected chi connectivity index (χ4v) is 12.6. The fraction of sp³-hybridized carbons (Fsp3) is 0. The van der Waals surface area contributed by atoms with Crippen LogP contribution in [0.15, 0.2) is 339 Å². The Hall–Kier alpha value is -11.7. The highest BCUT2D eigenvalue weighted by Crippen LogP contribution is 2.48. The predicted molar refractivity (Wildman–Crippen MR) is 388 cm³/mol. The maximum atomic E-state index is 10.0. The lowest BCUT2D eigenvalue weighted by molar-refractivity contribution is 1.59. The Kier molecular flexibility index (Phi) is 6.44. The van der Waals surface area contributed by atoms with Gasteiger partial charge in [0.25, 0.3) is 0 Å². The molecule has 0 fully saturated rings. The van der Waals surface area contributed by atoms with Crippen LogP contribution in [0.3, 0.4) is 0 Å². The summed E-state index contributed by atoms with van der Waals surface area (Å²) in [4.78, 5) is 0. The third-order valence-corrected chi connectivity index (χ3v) is 16.6. The normalized spacial score (nSPS) is 17.2. The van der Waals surface area contributed by atoms with E-state index in [2.05, 4.69) is 115 Å². The summed E-state index contributed by atoms with van der Waals surface area (Å²) in [6, 6.07) is 13.5. The van der Waals surface area contributed by atoms with Crippen LogP contribution in [0.25, 0.3) is 186 Å². The highest BCUT2D eigenvalue weighted by molar-refractivity contribution is 6.28. The average molecular weight is 1170 g/mol. The van der Waals surface area contributed by atoms with Crippen LogP contribution in [0, 0.1) is 0 Å². The Labute approximate surface area is 571 Å². The molecule has 0 atom stereocenters. The van der Waals surface area contributed by atoms with E-state index in [1.165, 1.54) is 43.1 Å². The van der Waals surface area contributed by atoms with Gasteiger partial charge in [0.2, 0.25) is 0 Å². The first-order valence-electron chi connectivity index (χ1n) is 45.9. The number of fused-ring (bicyclic) bond motifs is 4. The number of hydrogen-bond donors (Lipinski definition) is 0. The predicted octanol–water partition coefficient (Wildman–Crippen LogP) is 25.4. The Morgan fingerprint density at radius 3 is 1.20 bits per heavy atom. The first-order valence-corrected chi connectivity index (χ1v) is 28.4. The van der Waals surface area contributed by atoms with Gasteiger partial charge in [-0.2, -0.15) is 0 Å². The lowest BCUT2D eigenvalue weighted by Gasteiger charge is -2.20. The molecule has 0 aliphatic heterocycles. The summed E-state index contributed by atoms with van der Waals surface area (Å²) in [6.45, 7) is 0. The van der Waals surface area contributed by atoms with Gasteiger partial charge in [-0.05, 0) is 216 Å². The van der Waals surface area contributed by atoms with E-state index >= 15 is 0 Å². The van der Waals surface area contributed by atoms with Gasteiger partial charge in [-0.1, -0.05) is 309 Å². The monoisotopic (exact) mass is 1170 g/mol. The molecule has 0 heteroatoms. The van der Waals surface area contributed by atoms with Gasteiger partial charge in [-0.25, -0.2) is 0 Å². The molecule has 0 N–H and O–H groups in total. The highest BCUT2D eigenvalue weighted by atomic mass is 14.2. The molecule has 0 aliphatic rings. The summed E-state index contributed by atoms with van der Waals surface area (Å²) < 4.78 is 313. The van der Waals surface area contributed by atoms with Crippen molar-refractivity contribution in [2.24, 2.45) is 0 Å². The van der Waals surface area contributed by atoms with E-state index < -0.39 is 275 Å². The van der Waals surface area contributed by atoms with Crippen molar-refractivity contribution in [2.75, 3.05) is 0 Å². The molecule has 0 aromatic heterocycles. The second kappa shape index (κ2) is 21.0. The summed E-state index contributed by atoms with van der Waals surface area (Å²) in [5, 5.41) is 8.13. The SMILES string of the molecule is [2H]c1c([2H])c([2H])c(-c2c([2H])c([2H])c3c(-c4c([2H])c([2H])c(-c5c([2H])c([2H])c6c([2H])c([2H])c([2H])c([2H])c6c5[2H])c([2H])c4[2H])c4c([2H])c([2H])c([2H])c([2H])c4c(-c4c([2H])c([2H])c([2H])c5c([2H])c([2H])c([2H])c([2H])c45)c3c2[2H])c([2H])c1[2H].[2H]c1c([2H])c([2H])c(-c2cc(-c3ccc4ccc5cccc6ccc3c4c56)cc(-c3ccc4ccc5cccc6ccc3c4c56)c2)c([2H])c1[2H]. The molecule has 90 heavy (non-hydrogen) atoms. The third kappa shape index (κ3) is 8.52. The van der Waals surface area contributed by atoms with Crippen molar-refractivity contribution in [3.63, 3.8) is 0 Å². The first kappa shape index (κ1) is 27.6. The van der Waals surface area contributed by atoms with Gasteiger partial charge in [-0.15, -0.1) is 0 Å². The molecule has 0 heterocycles. The van der Waals surface area contributed by atoms with Gasteiger partial charge in [0.05, 0.1) is 48.0 Å². The fourth-order valence-electron chi connectivity index (χ4n) is 12.6. The summed E-state index contributed by atoms with van der Waals surface area (Å²) in [5.41, 5.74) is -2.26. The second-order valence-corrected chi connectivity index (χ2v) is 21.5.